The monoisotopic (exact) mass is 445 g/mol. The molecule has 2 fully saturated rings. The van der Waals surface area contributed by atoms with Crippen molar-refractivity contribution in [1.29, 1.82) is 0 Å². The maximum absolute atomic E-state index is 13.3. The van der Waals surface area contributed by atoms with Crippen molar-refractivity contribution in [1.82, 2.24) is 9.88 Å². The molecular weight excluding hydrogens is 414 g/mol. The van der Waals surface area contributed by atoms with E-state index in [2.05, 4.69) is 47.2 Å². The average molecular weight is 446 g/mol. The van der Waals surface area contributed by atoms with Gasteiger partial charge in [-0.25, -0.2) is 0 Å². The highest BCUT2D eigenvalue weighted by Crippen LogP contribution is 2.31. The number of amides is 2. The van der Waals surface area contributed by atoms with E-state index in [1.54, 1.807) is 0 Å². The van der Waals surface area contributed by atoms with Crippen LogP contribution in [0.5, 0.6) is 0 Å². The van der Waals surface area contributed by atoms with Crippen LogP contribution in [0.3, 0.4) is 0 Å². The first-order valence-corrected chi connectivity index (χ1v) is 11.8. The van der Waals surface area contributed by atoms with Gasteiger partial charge in [0.1, 0.15) is 5.69 Å². The van der Waals surface area contributed by atoms with Gasteiger partial charge in [0.25, 0.3) is 5.91 Å². The quantitative estimate of drug-likeness (QED) is 0.556. The van der Waals surface area contributed by atoms with Crippen LogP contribution in [-0.2, 0) is 16.1 Å². The minimum Gasteiger partial charge on any atom is -0.373 e. The molecule has 2 aromatic carbocycles. The van der Waals surface area contributed by atoms with E-state index in [4.69, 9.17) is 4.74 Å². The lowest BCUT2D eigenvalue weighted by atomic mass is 10.0. The van der Waals surface area contributed by atoms with Crippen molar-refractivity contribution < 1.29 is 14.3 Å². The molecule has 6 heteroatoms. The molecule has 1 saturated carbocycles. The van der Waals surface area contributed by atoms with Gasteiger partial charge in [0, 0.05) is 42.2 Å². The smallest absolute Gasteiger partial charge is 0.268 e. The molecule has 1 aliphatic heterocycles. The van der Waals surface area contributed by atoms with Gasteiger partial charge in [-0.1, -0.05) is 29.8 Å². The molecule has 0 radical (unpaired) electrons. The van der Waals surface area contributed by atoms with Gasteiger partial charge in [0.2, 0.25) is 5.91 Å². The summed E-state index contributed by atoms with van der Waals surface area (Å²) in [6.45, 7) is 5.95. The Kier molecular flexibility index (Phi) is 5.71. The van der Waals surface area contributed by atoms with E-state index in [1.165, 1.54) is 5.56 Å². The van der Waals surface area contributed by atoms with Crippen molar-refractivity contribution in [3.05, 3.63) is 65.4 Å². The fourth-order valence-electron chi connectivity index (χ4n) is 4.62. The van der Waals surface area contributed by atoms with Crippen molar-refractivity contribution in [3.8, 4) is 0 Å². The second kappa shape index (κ2) is 8.67. The van der Waals surface area contributed by atoms with Crippen LogP contribution in [0.2, 0.25) is 0 Å². The van der Waals surface area contributed by atoms with Gasteiger partial charge in [0.15, 0.2) is 0 Å². The summed E-state index contributed by atoms with van der Waals surface area (Å²) in [6.07, 6.45) is 3.90. The molecule has 0 spiro atoms. The molecule has 1 saturated heterocycles. The third-order valence-corrected chi connectivity index (χ3v) is 6.70. The van der Waals surface area contributed by atoms with Crippen LogP contribution in [0.4, 0.5) is 5.69 Å². The fourth-order valence-corrected chi connectivity index (χ4v) is 4.62. The van der Waals surface area contributed by atoms with Crippen molar-refractivity contribution in [3.63, 3.8) is 0 Å². The number of carbonyl (C=O) groups excluding carboxylic acids is 2. The Labute approximate surface area is 194 Å². The molecule has 1 unspecified atom stereocenters. The first-order valence-electron chi connectivity index (χ1n) is 11.8. The molecule has 2 amide bonds. The summed E-state index contributed by atoms with van der Waals surface area (Å²) in [4.78, 5) is 25.5. The molecule has 2 heterocycles. The number of aryl methyl sites for hydroxylation is 1. The van der Waals surface area contributed by atoms with Crippen LogP contribution in [-0.4, -0.2) is 35.1 Å². The van der Waals surface area contributed by atoms with Gasteiger partial charge in [-0.15, -0.1) is 0 Å². The van der Waals surface area contributed by atoms with Crippen LogP contribution in [0, 0.1) is 12.8 Å². The number of anilines is 1. The van der Waals surface area contributed by atoms with Gasteiger partial charge >= 0.3 is 0 Å². The van der Waals surface area contributed by atoms with E-state index < -0.39 is 0 Å². The van der Waals surface area contributed by atoms with Gasteiger partial charge < -0.3 is 19.9 Å². The molecule has 2 N–H and O–H groups in total. The zero-order valence-corrected chi connectivity index (χ0v) is 19.3. The zero-order chi connectivity index (χ0) is 23.0. The molecule has 5 rings (SSSR count). The largest absolute Gasteiger partial charge is 0.373 e. The van der Waals surface area contributed by atoms with Crippen LogP contribution >= 0.6 is 0 Å². The highest BCUT2D eigenvalue weighted by atomic mass is 16.5. The molecule has 1 atom stereocenters. The predicted octanol–water partition coefficient (Wildman–Crippen LogP) is 4.65. The number of hydrogen-bond acceptors (Lipinski definition) is 3. The summed E-state index contributed by atoms with van der Waals surface area (Å²) >= 11 is 0. The van der Waals surface area contributed by atoms with E-state index in [0.29, 0.717) is 18.8 Å². The molecule has 33 heavy (non-hydrogen) atoms. The summed E-state index contributed by atoms with van der Waals surface area (Å²) in [5, 5.41) is 7.04. The normalized spacial score (nSPS) is 20.2. The number of carbonyl (C=O) groups is 2. The maximum Gasteiger partial charge on any atom is 0.268 e. The molecule has 1 aliphatic carbocycles. The number of fused-ring (bicyclic) bond motifs is 1. The number of nitrogens with one attached hydrogen (secondary N) is 2. The van der Waals surface area contributed by atoms with Gasteiger partial charge in [-0.3, -0.25) is 9.59 Å². The second-order valence-electron chi connectivity index (χ2n) is 9.73. The Morgan fingerprint density at radius 3 is 2.73 bits per heavy atom. The summed E-state index contributed by atoms with van der Waals surface area (Å²) in [5.74, 6) is 0.114. The molecule has 1 aromatic heterocycles. The Hall–Kier alpha value is -3.12. The number of aromatic nitrogens is 1. The number of nitrogens with zero attached hydrogens (tertiary/aromatic N) is 1. The maximum atomic E-state index is 13.3. The third kappa shape index (κ3) is 4.81. The molecular formula is C27H31N3O3. The van der Waals surface area contributed by atoms with Crippen molar-refractivity contribution >= 4 is 28.4 Å². The molecule has 3 aromatic rings. The van der Waals surface area contributed by atoms with E-state index in [9.17, 15) is 9.59 Å². The summed E-state index contributed by atoms with van der Waals surface area (Å²) in [6, 6.07) is 16.1. The number of rotatable bonds is 7. The van der Waals surface area contributed by atoms with Crippen LogP contribution in [0.15, 0.2) is 48.5 Å². The highest BCUT2D eigenvalue weighted by molar-refractivity contribution is 6.01. The molecule has 6 nitrogen and oxygen atoms in total. The van der Waals surface area contributed by atoms with Gasteiger partial charge in [-0.05, 0) is 69.4 Å². The third-order valence-electron chi connectivity index (χ3n) is 6.70. The lowest BCUT2D eigenvalue weighted by Crippen LogP contribution is -2.40. The lowest BCUT2D eigenvalue weighted by Gasteiger charge is -2.23. The van der Waals surface area contributed by atoms with E-state index in [-0.39, 0.29) is 23.3 Å². The highest BCUT2D eigenvalue weighted by Gasteiger charge is 2.31. The number of benzene rings is 2. The SMILES string of the molecule is Cc1cccc(Cn2c(C(=O)NCC3(C)CCCO3)cc3cc(NC(=O)C4CC4)ccc32)c1. The average Bonchev–Trinajstić information content (AvgIpc) is 3.47. The molecule has 2 aliphatic rings. The van der Waals surface area contributed by atoms with Gasteiger partial charge in [0.05, 0.1) is 5.60 Å². The van der Waals surface area contributed by atoms with Crippen LogP contribution in [0.1, 0.15) is 54.2 Å². The van der Waals surface area contributed by atoms with Crippen LogP contribution < -0.4 is 10.6 Å². The van der Waals surface area contributed by atoms with Crippen molar-refractivity contribution in [2.24, 2.45) is 5.92 Å². The van der Waals surface area contributed by atoms with E-state index >= 15 is 0 Å². The fraction of sp³-hybridized carbons (Fsp3) is 0.407. The topological polar surface area (TPSA) is 72.4 Å². The van der Waals surface area contributed by atoms with E-state index in [1.807, 2.05) is 30.3 Å². The van der Waals surface area contributed by atoms with Crippen molar-refractivity contribution in [2.75, 3.05) is 18.5 Å². The predicted molar refractivity (Wildman–Crippen MR) is 129 cm³/mol. The number of ether oxygens (including phenoxy) is 1. The molecule has 172 valence electrons. The summed E-state index contributed by atoms with van der Waals surface area (Å²) in [7, 11) is 0. The minimum absolute atomic E-state index is 0.0799. The van der Waals surface area contributed by atoms with E-state index in [0.717, 1.165) is 54.4 Å². The first kappa shape index (κ1) is 21.7. The van der Waals surface area contributed by atoms with Gasteiger partial charge in [-0.2, -0.15) is 0 Å². The first-order chi connectivity index (χ1) is 15.9. The zero-order valence-electron chi connectivity index (χ0n) is 19.3. The summed E-state index contributed by atoms with van der Waals surface area (Å²) < 4.78 is 7.90. The summed E-state index contributed by atoms with van der Waals surface area (Å²) in [5.41, 5.74) is 4.37. The lowest BCUT2D eigenvalue weighted by molar-refractivity contribution is -0.117. The minimum atomic E-state index is -0.302. The Morgan fingerprint density at radius 2 is 2.00 bits per heavy atom. The second-order valence-corrected chi connectivity index (χ2v) is 9.73. The Bertz CT molecular complexity index is 1200. The Morgan fingerprint density at radius 1 is 1.15 bits per heavy atom. The molecule has 0 bridgehead atoms. The number of hydrogen-bond donors (Lipinski definition) is 2. The van der Waals surface area contributed by atoms with Crippen molar-refractivity contribution in [2.45, 2.75) is 51.7 Å². The van der Waals surface area contributed by atoms with Crippen LogP contribution in [0.25, 0.3) is 10.9 Å². The Balaban J connectivity index is 1.46. The standard InChI is InChI=1S/C27H31N3O3/c1-18-5-3-6-19(13-18)16-30-23-10-9-22(29-25(31)20-7-8-20)14-21(23)15-24(30)26(32)28-17-27(2)11-4-12-33-27/h3,5-6,9-10,13-15,20H,4,7-8,11-12,16-17H2,1-2H3,(H,28,32)(H,29,31).